The van der Waals surface area contributed by atoms with Crippen molar-refractivity contribution >= 4 is 0 Å². The number of aliphatic hydroxyl groups excluding tert-OH is 1. The lowest BCUT2D eigenvalue weighted by atomic mass is 10.0. The Hall–Kier alpha value is -0.930. The Morgan fingerprint density at radius 1 is 1.25 bits per heavy atom. The molecule has 2 atom stereocenters. The first-order valence-corrected chi connectivity index (χ1v) is 5.71. The van der Waals surface area contributed by atoms with Crippen LogP contribution < -0.4 is 5.32 Å². The molecule has 3 heteroatoms. The summed E-state index contributed by atoms with van der Waals surface area (Å²) < 4.78 is 12.6. The van der Waals surface area contributed by atoms with Crippen LogP contribution in [-0.2, 0) is 6.54 Å². The fourth-order valence-corrected chi connectivity index (χ4v) is 1.73. The Balaban J connectivity index is 2.22. The molecule has 2 N–H and O–H groups in total. The highest BCUT2D eigenvalue weighted by Crippen LogP contribution is 2.05. The third-order valence-corrected chi connectivity index (χ3v) is 2.48. The molecule has 1 aromatic rings. The van der Waals surface area contributed by atoms with Crippen molar-refractivity contribution < 1.29 is 9.50 Å². The molecule has 0 aliphatic rings. The predicted molar refractivity (Wildman–Crippen MR) is 63.6 cm³/mol. The van der Waals surface area contributed by atoms with Gasteiger partial charge in [-0.3, -0.25) is 0 Å². The van der Waals surface area contributed by atoms with Crippen LogP contribution in [0.1, 0.15) is 25.8 Å². The molecular formula is C13H20FNO. The van der Waals surface area contributed by atoms with E-state index in [0.29, 0.717) is 5.92 Å². The SMILES string of the molecule is CC(O)CC(C)CNCc1ccc(F)cc1. The summed E-state index contributed by atoms with van der Waals surface area (Å²) in [7, 11) is 0. The first-order valence-electron chi connectivity index (χ1n) is 5.71. The third kappa shape index (κ3) is 5.24. The Morgan fingerprint density at radius 2 is 1.88 bits per heavy atom. The van der Waals surface area contributed by atoms with E-state index >= 15 is 0 Å². The number of benzene rings is 1. The fourth-order valence-electron chi connectivity index (χ4n) is 1.73. The molecule has 2 unspecified atom stereocenters. The molecule has 16 heavy (non-hydrogen) atoms. The van der Waals surface area contributed by atoms with Crippen LogP contribution in [0.15, 0.2) is 24.3 Å². The zero-order valence-electron chi connectivity index (χ0n) is 9.91. The van der Waals surface area contributed by atoms with Gasteiger partial charge in [0.25, 0.3) is 0 Å². The molecule has 0 bridgehead atoms. The monoisotopic (exact) mass is 225 g/mol. The van der Waals surface area contributed by atoms with Gasteiger partial charge in [0, 0.05) is 6.54 Å². The molecule has 2 nitrogen and oxygen atoms in total. The molecule has 0 saturated carbocycles. The van der Waals surface area contributed by atoms with Crippen molar-refractivity contribution in [2.45, 2.75) is 32.9 Å². The topological polar surface area (TPSA) is 32.3 Å². The van der Waals surface area contributed by atoms with E-state index in [1.807, 2.05) is 0 Å². The molecule has 90 valence electrons. The van der Waals surface area contributed by atoms with Gasteiger partial charge in [0.1, 0.15) is 5.82 Å². The van der Waals surface area contributed by atoms with Gasteiger partial charge in [-0.05, 0) is 43.5 Å². The Morgan fingerprint density at radius 3 is 2.44 bits per heavy atom. The molecule has 0 amide bonds. The Kier molecular flexibility index (Phi) is 5.43. The minimum absolute atomic E-state index is 0.203. The molecule has 1 aromatic carbocycles. The standard InChI is InChI=1S/C13H20FNO/c1-10(7-11(2)16)8-15-9-12-3-5-13(14)6-4-12/h3-6,10-11,15-16H,7-9H2,1-2H3. The zero-order valence-corrected chi connectivity index (χ0v) is 9.91. The van der Waals surface area contributed by atoms with Crippen molar-refractivity contribution in [1.82, 2.24) is 5.32 Å². The highest BCUT2D eigenvalue weighted by Gasteiger charge is 2.05. The van der Waals surface area contributed by atoms with Crippen molar-refractivity contribution in [1.29, 1.82) is 0 Å². The summed E-state index contributed by atoms with van der Waals surface area (Å²) in [5, 5.41) is 12.5. The van der Waals surface area contributed by atoms with Gasteiger partial charge in [-0.25, -0.2) is 4.39 Å². The van der Waals surface area contributed by atoms with Crippen LogP contribution in [-0.4, -0.2) is 17.8 Å². The van der Waals surface area contributed by atoms with E-state index in [2.05, 4.69) is 12.2 Å². The molecule has 0 aliphatic heterocycles. The number of halogens is 1. The summed E-state index contributed by atoms with van der Waals surface area (Å²) in [6.07, 6.45) is 0.554. The summed E-state index contributed by atoms with van der Waals surface area (Å²) >= 11 is 0. The number of nitrogens with one attached hydrogen (secondary N) is 1. The largest absolute Gasteiger partial charge is 0.393 e. The molecule has 0 aromatic heterocycles. The zero-order chi connectivity index (χ0) is 12.0. The average molecular weight is 225 g/mol. The smallest absolute Gasteiger partial charge is 0.123 e. The quantitative estimate of drug-likeness (QED) is 0.778. The van der Waals surface area contributed by atoms with Gasteiger partial charge in [0.15, 0.2) is 0 Å². The number of aliphatic hydroxyl groups is 1. The van der Waals surface area contributed by atoms with Crippen molar-refractivity contribution in [3.8, 4) is 0 Å². The maximum atomic E-state index is 12.6. The first kappa shape index (κ1) is 13.1. The van der Waals surface area contributed by atoms with Gasteiger partial charge in [0.2, 0.25) is 0 Å². The maximum absolute atomic E-state index is 12.6. The summed E-state index contributed by atoms with van der Waals surface area (Å²) in [5.41, 5.74) is 1.07. The number of hydrogen-bond donors (Lipinski definition) is 2. The van der Waals surface area contributed by atoms with E-state index in [1.165, 1.54) is 12.1 Å². The van der Waals surface area contributed by atoms with E-state index < -0.39 is 0 Å². The molecule has 0 fully saturated rings. The lowest BCUT2D eigenvalue weighted by Crippen LogP contribution is -2.23. The number of rotatable bonds is 6. The fraction of sp³-hybridized carbons (Fsp3) is 0.538. The molecule has 0 spiro atoms. The Bertz CT molecular complexity index is 297. The van der Waals surface area contributed by atoms with Crippen molar-refractivity contribution in [2.24, 2.45) is 5.92 Å². The average Bonchev–Trinajstić information content (AvgIpc) is 2.20. The predicted octanol–water partition coefficient (Wildman–Crippen LogP) is 2.32. The summed E-state index contributed by atoms with van der Waals surface area (Å²) in [4.78, 5) is 0. The highest BCUT2D eigenvalue weighted by atomic mass is 19.1. The highest BCUT2D eigenvalue weighted by molar-refractivity contribution is 5.15. The van der Waals surface area contributed by atoms with Gasteiger partial charge < -0.3 is 10.4 Å². The van der Waals surface area contributed by atoms with Crippen molar-refractivity contribution in [3.63, 3.8) is 0 Å². The van der Waals surface area contributed by atoms with Gasteiger partial charge in [0.05, 0.1) is 6.10 Å². The summed E-state index contributed by atoms with van der Waals surface area (Å²) in [5.74, 6) is 0.242. The summed E-state index contributed by atoms with van der Waals surface area (Å²) in [6, 6.07) is 6.50. The second-order valence-corrected chi connectivity index (χ2v) is 4.45. The third-order valence-electron chi connectivity index (χ3n) is 2.48. The summed E-state index contributed by atoms with van der Waals surface area (Å²) in [6.45, 7) is 5.51. The van der Waals surface area contributed by atoms with Crippen LogP contribution in [0.25, 0.3) is 0 Å². The first-order chi connectivity index (χ1) is 7.58. The molecule has 0 radical (unpaired) electrons. The van der Waals surface area contributed by atoms with E-state index in [1.54, 1.807) is 19.1 Å². The lowest BCUT2D eigenvalue weighted by Gasteiger charge is -2.14. The van der Waals surface area contributed by atoms with Crippen LogP contribution in [0.5, 0.6) is 0 Å². The lowest BCUT2D eigenvalue weighted by molar-refractivity contribution is 0.163. The van der Waals surface area contributed by atoms with Crippen LogP contribution in [0, 0.1) is 11.7 Å². The van der Waals surface area contributed by atoms with E-state index in [4.69, 9.17) is 0 Å². The molecule has 0 saturated heterocycles. The van der Waals surface area contributed by atoms with E-state index in [0.717, 1.165) is 25.1 Å². The maximum Gasteiger partial charge on any atom is 0.123 e. The second-order valence-electron chi connectivity index (χ2n) is 4.45. The minimum atomic E-state index is -0.248. The van der Waals surface area contributed by atoms with E-state index in [-0.39, 0.29) is 11.9 Å². The van der Waals surface area contributed by atoms with Crippen LogP contribution in [0.4, 0.5) is 4.39 Å². The number of hydrogen-bond acceptors (Lipinski definition) is 2. The van der Waals surface area contributed by atoms with Crippen LogP contribution in [0.2, 0.25) is 0 Å². The normalized spacial score (nSPS) is 14.8. The van der Waals surface area contributed by atoms with E-state index in [9.17, 15) is 9.50 Å². The van der Waals surface area contributed by atoms with Crippen molar-refractivity contribution in [2.75, 3.05) is 6.54 Å². The molecule has 0 aliphatic carbocycles. The molecular weight excluding hydrogens is 205 g/mol. The van der Waals surface area contributed by atoms with Gasteiger partial charge in [-0.2, -0.15) is 0 Å². The van der Waals surface area contributed by atoms with Crippen molar-refractivity contribution in [3.05, 3.63) is 35.6 Å². The minimum Gasteiger partial charge on any atom is -0.393 e. The molecule has 1 rings (SSSR count). The Labute approximate surface area is 96.5 Å². The van der Waals surface area contributed by atoms with Crippen LogP contribution >= 0.6 is 0 Å². The van der Waals surface area contributed by atoms with Crippen LogP contribution in [0.3, 0.4) is 0 Å². The van der Waals surface area contributed by atoms with Gasteiger partial charge in [-0.1, -0.05) is 19.1 Å². The second kappa shape index (κ2) is 6.61. The molecule has 0 heterocycles. The van der Waals surface area contributed by atoms with Gasteiger partial charge in [-0.15, -0.1) is 0 Å². The van der Waals surface area contributed by atoms with Gasteiger partial charge >= 0.3 is 0 Å².